The summed E-state index contributed by atoms with van der Waals surface area (Å²) in [6.45, 7) is 6.38. The van der Waals surface area contributed by atoms with E-state index in [0.717, 1.165) is 28.9 Å². The van der Waals surface area contributed by atoms with Crippen molar-refractivity contribution in [1.29, 1.82) is 0 Å². The number of hydrogen-bond acceptors (Lipinski definition) is 2. The Hall–Kier alpha value is -1.31. The standard InChI is InChI=1S/C15H16O2/c1-7-6-17-11-5-15(3)10-4-9(10)8(2)13(15)14(16)12(7)11/h6,9-10H,4-5H2,1-3H3/t9?,10?,15-/m0/s1. The van der Waals surface area contributed by atoms with E-state index in [9.17, 15) is 4.79 Å². The highest BCUT2D eigenvalue weighted by molar-refractivity contribution is 6.13. The third kappa shape index (κ3) is 0.921. The van der Waals surface area contributed by atoms with Crippen molar-refractivity contribution in [3.8, 4) is 0 Å². The number of carbonyl (C=O) groups is 1. The minimum atomic E-state index is 0.0587. The van der Waals surface area contributed by atoms with Gasteiger partial charge >= 0.3 is 0 Å². The number of Topliss-reactive ketones (excluding diaryl/α,β-unsaturated/α-hetero) is 1. The molecule has 17 heavy (non-hydrogen) atoms. The fourth-order valence-corrected chi connectivity index (χ4v) is 4.25. The zero-order chi connectivity index (χ0) is 11.9. The molecule has 0 aromatic carbocycles. The molecule has 1 fully saturated rings. The maximum atomic E-state index is 12.6. The number of carbonyl (C=O) groups excluding carboxylic acids is 1. The SMILES string of the molecule is CC1=C2C(=O)c3c(C)coc3C[C@@]2(C)C2CC12. The van der Waals surface area contributed by atoms with Crippen LogP contribution in [0.5, 0.6) is 0 Å². The minimum absolute atomic E-state index is 0.0587. The molecule has 88 valence electrons. The van der Waals surface area contributed by atoms with Crippen LogP contribution in [0.3, 0.4) is 0 Å². The van der Waals surface area contributed by atoms with Crippen molar-refractivity contribution in [2.24, 2.45) is 17.3 Å². The molecule has 0 N–H and O–H groups in total. The number of aryl methyl sites for hydroxylation is 1. The van der Waals surface area contributed by atoms with E-state index in [1.165, 1.54) is 12.0 Å². The van der Waals surface area contributed by atoms with Crippen molar-refractivity contribution < 1.29 is 9.21 Å². The highest BCUT2D eigenvalue weighted by Crippen LogP contribution is 2.67. The van der Waals surface area contributed by atoms with E-state index in [1.54, 1.807) is 6.26 Å². The second kappa shape index (κ2) is 2.58. The summed E-state index contributed by atoms with van der Waals surface area (Å²) < 4.78 is 5.59. The highest BCUT2D eigenvalue weighted by atomic mass is 16.3. The second-order valence-electron chi connectivity index (χ2n) is 6.15. The molecule has 0 aliphatic heterocycles. The van der Waals surface area contributed by atoms with Gasteiger partial charge in [-0.05, 0) is 37.7 Å². The molecular weight excluding hydrogens is 212 g/mol. The van der Waals surface area contributed by atoms with Gasteiger partial charge < -0.3 is 4.42 Å². The molecule has 4 rings (SSSR count). The number of fused-ring (bicyclic) bond motifs is 4. The van der Waals surface area contributed by atoms with Crippen LogP contribution in [0.4, 0.5) is 0 Å². The zero-order valence-electron chi connectivity index (χ0n) is 10.5. The van der Waals surface area contributed by atoms with Crippen LogP contribution in [0.2, 0.25) is 0 Å². The van der Waals surface area contributed by atoms with Gasteiger partial charge in [-0.2, -0.15) is 0 Å². The third-order valence-corrected chi connectivity index (χ3v) is 5.16. The van der Waals surface area contributed by atoms with Crippen LogP contribution in [0.25, 0.3) is 0 Å². The number of hydrogen-bond donors (Lipinski definition) is 0. The molecule has 1 aromatic heterocycles. The van der Waals surface area contributed by atoms with Gasteiger partial charge in [0.2, 0.25) is 0 Å². The molecular formula is C15H16O2. The zero-order valence-corrected chi connectivity index (χ0v) is 10.5. The number of ketones is 1. The number of allylic oxidation sites excluding steroid dienone is 2. The Bertz CT molecular complexity index is 590. The highest BCUT2D eigenvalue weighted by Gasteiger charge is 2.62. The first-order valence-corrected chi connectivity index (χ1v) is 6.37. The van der Waals surface area contributed by atoms with Gasteiger partial charge in [0, 0.05) is 17.4 Å². The molecule has 1 aromatic rings. The average molecular weight is 228 g/mol. The van der Waals surface area contributed by atoms with E-state index in [1.807, 2.05) is 6.92 Å². The first kappa shape index (κ1) is 9.69. The van der Waals surface area contributed by atoms with E-state index >= 15 is 0 Å². The van der Waals surface area contributed by atoms with Gasteiger partial charge in [-0.3, -0.25) is 4.79 Å². The molecule has 2 unspecified atom stereocenters. The van der Waals surface area contributed by atoms with Gasteiger partial charge in [0.05, 0.1) is 11.8 Å². The molecule has 1 saturated carbocycles. The Morgan fingerprint density at radius 2 is 2.18 bits per heavy atom. The summed E-state index contributed by atoms with van der Waals surface area (Å²) in [5.74, 6) is 2.53. The Balaban J connectivity index is 1.99. The van der Waals surface area contributed by atoms with Crippen LogP contribution in [0, 0.1) is 24.2 Å². The average Bonchev–Trinajstić information content (AvgIpc) is 2.94. The van der Waals surface area contributed by atoms with E-state index in [-0.39, 0.29) is 11.2 Å². The van der Waals surface area contributed by atoms with Crippen molar-refractivity contribution in [3.63, 3.8) is 0 Å². The summed E-state index contributed by atoms with van der Waals surface area (Å²) >= 11 is 0. The quantitative estimate of drug-likeness (QED) is 0.682. The smallest absolute Gasteiger partial charge is 0.193 e. The molecule has 1 heterocycles. The lowest BCUT2D eigenvalue weighted by molar-refractivity contribution is 0.0978. The van der Waals surface area contributed by atoms with Gasteiger partial charge in [0.15, 0.2) is 5.78 Å². The number of furan rings is 1. The van der Waals surface area contributed by atoms with Crippen LogP contribution in [0.1, 0.15) is 41.9 Å². The lowest BCUT2D eigenvalue weighted by atomic mass is 9.68. The normalized spacial score (nSPS) is 37.9. The largest absolute Gasteiger partial charge is 0.468 e. The topological polar surface area (TPSA) is 30.2 Å². The minimum Gasteiger partial charge on any atom is -0.468 e. The molecule has 2 heteroatoms. The summed E-state index contributed by atoms with van der Waals surface area (Å²) in [4.78, 5) is 12.6. The van der Waals surface area contributed by atoms with Crippen LogP contribution >= 0.6 is 0 Å². The Kier molecular flexibility index (Phi) is 1.47. The Labute approximate surface area is 101 Å². The van der Waals surface area contributed by atoms with E-state index in [0.29, 0.717) is 11.8 Å². The predicted octanol–water partition coefficient (Wildman–Crippen LogP) is 3.30. The molecule has 3 aliphatic rings. The first-order valence-electron chi connectivity index (χ1n) is 6.37. The lowest BCUT2D eigenvalue weighted by Gasteiger charge is -2.33. The van der Waals surface area contributed by atoms with Gasteiger partial charge in [0.25, 0.3) is 0 Å². The number of rotatable bonds is 0. The third-order valence-electron chi connectivity index (χ3n) is 5.16. The van der Waals surface area contributed by atoms with E-state index in [2.05, 4.69) is 13.8 Å². The van der Waals surface area contributed by atoms with Crippen molar-refractivity contribution in [1.82, 2.24) is 0 Å². The fourth-order valence-electron chi connectivity index (χ4n) is 4.25. The van der Waals surface area contributed by atoms with Crippen molar-refractivity contribution in [2.75, 3.05) is 0 Å². The summed E-state index contributed by atoms with van der Waals surface area (Å²) in [7, 11) is 0. The van der Waals surface area contributed by atoms with Crippen LogP contribution < -0.4 is 0 Å². The van der Waals surface area contributed by atoms with Gasteiger partial charge in [-0.1, -0.05) is 12.5 Å². The molecule has 3 aliphatic carbocycles. The van der Waals surface area contributed by atoms with Crippen molar-refractivity contribution in [3.05, 3.63) is 34.3 Å². The monoisotopic (exact) mass is 228 g/mol. The Morgan fingerprint density at radius 3 is 2.94 bits per heavy atom. The molecule has 0 bridgehead atoms. The first-order chi connectivity index (χ1) is 8.04. The summed E-state index contributed by atoms with van der Waals surface area (Å²) in [5, 5.41) is 0. The van der Waals surface area contributed by atoms with Crippen molar-refractivity contribution >= 4 is 5.78 Å². The predicted molar refractivity (Wildman–Crippen MR) is 63.9 cm³/mol. The maximum Gasteiger partial charge on any atom is 0.193 e. The summed E-state index contributed by atoms with van der Waals surface area (Å²) in [6.07, 6.45) is 3.91. The Morgan fingerprint density at radius 1 is 1.41 bits per heavy atom. The van der Waals surface area contributed by atoms with E-state index in [4.69, 9.17) is 4.42 Å². The van der Waals surface area contributed by atoms with Crippen molar-refractivity contribution in [2.45, 2.75) is 33.6 Å². The van der Waals surface area contributed by atoms with Crippen LogP contribution in [-0.4, -0.2) is 5.78 Å². The van der Waals surface area contributed by atoms with Gasteiger partial charge in [-0.25, -0.2) is 0 Å². The summed E-state index contributed by atoms with van der Waals surface area (Å²) in [5.41, 5.74) is 4.36. The van der Waals surface area contributed by atoms with E-state index < -0.39 is 0 Å². The van der Waals surface area contributed by atoms with Gasteiger partial charge in [0.1, 0.15) is 5.76 Å². The molecule has 2 nitrogen and oxygen atoms in total. The van der Waals surface area contributed by atoms with Crippen LogP contribution in [-0.2, 0) is 6.42 Å². The molecule has 0 amide bonds. The molecule has 0 radical (unpaired) electrons. The van der Waals surface area contributed by atoms with Gasteiger partial charge in [-0.15, -0.1) is 0 Å². The molecule has 0 spiro atoms. The molecule has 0 saturated heterocycles. The lowest BCUT2D eigenvalue weighted by Crippen LogP contribution is -2.33. The fraction of sp³-hybridized carbons (Fsp3) is 0.533. The van der Waals surface area contributed by atoms with Crippen LogP contribution in [0.15, 0.2) is 21.8 Å². The summed E-state index contributed by atoms with van der Waals surface area (Å²) in [6, 6.07) is 0. The molecule has 3 atom stereocenters. The maximum absolute atomic E-state index is 12.6. The second-order valence-corrected chi connectivity index (χ2v) is 6.15.